The number of allylic oxidation sites excluding steroid dienone is 1. The normalized spacial score (nSPS) is 10.5. The molecule has 0 amide bonds. The SMILES string of the molecule is COc1c(C)c(OC(C)=O)cc(OC(C)=O)c1C(=O)/C=C/c1ccccc1. The van der Waals surface area contributed by atoms with Crippen molar-refractivity contribution in [3.8, 4) is 17.2 Å². The van der Waals surface area contributed by atoms with Crippen LogP contribution in [-0.2, 0) is 9.59 Å². The van der Waals surface area contributed by atoms with Crippen molar-refractivity contribution in [1.82, 2.24) is 0 Å². The molecule has 2 rings (SSSR count). The summed E-state index contributed by atoms with van der Waals surface area (Å²) in [5, 5.41) is 0. The molecule has 0 fully saturated rings. The molecule has 2 aromatic carbocycles. The molecule has 0 radical (unpaired) electrons. The van der Waals surface area contributed by atoms with E-state index in [4.69, 9.17) is 14.2 Å². The standard InChI is InChI=1S/C21H20O6/c1-13-18(26-14(2)22)12-19(27-15(3)23)20(21(13)25-4)17(24)11-10-16-8-6-5-7-9-16/h5-12H,1-4H3/b11-10+. The Balaban J connectivity index is 2.56. The third-order valence-electron chi connectivity index (χ3n) is 3.63. The Bertz CT molecular complexity index is 897. The topological polar surface area (TPSA) is 78.9 Å². The van der Waals surface area contributed by atoms with Gasteiger partial charge in [0.05, 0.1) is 7.11 Å². The average molecular weight is 368 g/mol. The zero-order valence-electron chi connectivity index (χ0n) is 15.6. The number of carbonyl (C=O) groups excluding carboxylic acids is 3. The van der Waals surface area contributed by atoms with Crippen LogP contribution in [0, 0.1) is 6.92 Å². The summed E-state index contributed by atoms with van der Waals surface area (Å²) < 4.78 is 15.7. The van der Waals surface area contributed by atoms with Crippen molar-refractivity contribution in [2.45, 2.75) is 20.8 Å². The van der Waals surface area contributed by atoms with Crippen LogP contribution >= 0.6 is 0 Å². The van der Waals surface area contributed by atoms with E-state index >= 15 is 0 Å². The van der Waals surface area contributed by atoms with Gasteiger partial charge in [-0.15, -0.1) is 0 Å². The Morgan fingerprint density at radius 3 is 2.07 bits per heavy atom. The minimum Gasteiger partial charge on any atom is -0.495 e. The number of ether oxygens (including phenoxy) is 3. The fourth-order valence-corrected chi connectivity index (χ4v) is 2.51. The van der Waals surface area contributed by atoms with Gasteiger partial charge in [0, 0.05) is 25.5 Å². The first kappa shape index (κ1) is 19.9. The molecular formula is C21H20O6. The van der Waals surface area contributed by atoms with Crippen LogP contribution in [0.15, 0.2) is 42.5 Å². The smallest absolute Gasteiger partial charge is 0.308 e. The Morgan fingerprint density at radius 1 is 0.926 bits per heavy atom. The molecule has 0 aliphatic rings. The second-order valence-electron chi connectivity index (χ2n) is 5.70. The van der Waals surface area contributed by atoms with Gasteiger partial charge in [-0.1, -0.05) is 36.4 Å². The molecule has 0 unspecified atom stereocenters. The van der Waals surface area contributed by atoms with Gasteiger partial charge in [0.2, 0.25) is 0 Å². The molecule has 0 heterocycles. The van der Waals surface area contributed by atoms with E-state index in [0.29, 0.717) is 5.56 Å². The fraction of sp³-hybridized carbons (Fsp3) is 0.190. The maximum Gasteiger partial charge on any atom is 0.308 e. The molecule has 27 heavy (non-hydrogen) atoms. The maximum absolute atomic E-state index is 12.8. The van der Waals surface area contributed by atoms with Gasteiger partial charge >= 0.3 is 11.9 Å². The van der Waals surface area contributed by atoms with Crippen LogP contribution in [0.4, 0.5) is 0 Å². The zero-order chi connectivity index (χ0) is 20.0. The number of benzene rings is 2. The van der Waals surface area contributed by atoms with E-state index in [2.05, 4.69) is 0 Å². The summed E-state index contributed by atoms with van der Waals surface area (Å²) in [5.41, 5.74) is 1.36. The van der Waals surface area contributed by atoms with E-state index in [9.17, 15) is 14.4 Å². The summed E-state index contributed by atoms with van der Waals surface area (Å²) in [4.78, 5) is 35.6. The van der Waals surface area contributed by atoms with Gasteiger partial charge in [-0.05, 0) is 18.6 Å². The minimum atomic E-state index is -0.615. The fourth-order valence-electron chi connectivity index (χ4n) is 2.51. The van der Waals surface area contributed by atoms with E-state index in [1.807, 2.05) is 30.3 Å². The molecular weight excluding hydrogens is 348 g/mol. The van der Waals surface area contributed by atoms with Crippen molar-refractivity contribution in [3.63, 3.8) is 0 Å². The Labute approximate surface area is 157 Å². The molecule has 0 aromatic heterocycles. The number of hydrogen-bond donors (Lipinski definition) is 0. The monoisotopic (exact) mass is 368 g/mol. The van der Waals surface area contributed by atoms with Gasteiger partial charge in [0.15, 0.2) is 5.78 Å². The van der Waals surface area contributed by atoms with Crippen molar-refractivity contribution in [2.24, 2.45) is 0 Å². The third kappa shape index (κ3) is 5.04. The third-order valence-corrected chi connectivity index (χ3v) is 3.63. The highest BCUT2D eigenvalue weighted by Crippen LogP contribution is 2.39. The van der Waals surface area contributed by atoms with Crippen LogP contribution < -0.4 is 14.2 Å². The summed E-state index contributed by atoms with van der Waals surface area (Å²) in [5.74, 6) is -1.28. The molecule has 140 valence electrons. The Morgan fingerprint density at radius 2 is 1.52 bits per heavy atom. The number of ketones is 1. The molecule has 0 N–H and O–H groups in total. The molecule has 6 nitrogen and oxygen atoms in total. The number of carbonyl (C=O) groups is 3. The van der Waals surface area contributed by atoms with Crippen LogP contribution in [0.1, 0.15) is 35.3 Å². The lowest BCUT2D eigenvalue weighted by molar-refractivity contribution is -0.132. The van der Waals surface area contributed by atoms with Gasteiger partial charge in [-0.3, -0.25) is 14.4 Å². The van der Waals surface area contributed by atoms with Gasteiger partial charge in [-0.25, -0.2) is 0 Å². The first-order valence-corrected chi connectivity index (χ1v) is 8.19. The van der Waals surface area contributed by atoms with Crippen LogP contribution in [0.25, 0.3) is 6.08 Å². The lowest BCUT2D eigenvalue weighted by atomic mass is 10.0. The van der Waals surface area contributed by atoms with E-state index < -0.39 is 17.7 Å². The van der Waals surface area contributed by atoms with Gasteiger partial charge < -0.3 is 14.2 Å². The quantitative estimate of drug-likeness (QED) is 0.334. The molecule has 6 heteroatoms. The predicted molar refractivity (Wildman–Crippen MR) is 100 cm³/mol. The number of hydrogen-bond acceptors (Lipinski definition) is 6. The number of rotatable bonds is 6. The Hall–Kier alpha value is -3.41. The lowest BCUT2D eigenvalue weighted by Gasteiger charge is -2.17. The summed E-state index contributed by atoms with van der Waals surface area (Å²) in [6.07, 6.45) is 3.01. The molecule has 0 atom stereocenters. The van der Waals surface area contributed by atoms with Crippen molar-refractivity contribution in [2.75, 3.05) is 7.11 Å². The zero-order valence-corrected chi connectivity index (χ0v) is 15.6. The highest BCUT2D eigenvalue weighted by Gasteiger charge is 2.24. The molecule has 0 spiro atoms. The number of methoxy groups -OCH3 is 1. The van der Waals surface area contributed by atoms with Crippen molar-refractivity contribution >= 4 is 23.8 Å². The van der Waals surface area contributed by atoms with Crippen molar-refractivity contribution in [3.05, 3.63) is 59.2 Å². The first-order valence-electron chi connectivity index (χ1n) is 8.19. The highest BCUT2D eigenvalue weighted by molar-refractivity contribution is 6.11. The second-order valence-corrected chi connectivity index (χ2v) is 5.70. The van der Waals surface area contributed by atoms with Crippen LogP contribution in [0.5, 0.6) is 17.2 Å². The second kappa shape index (κ2) is 8.80. The molecule has 0 aliphatic heterocycles. The van der Waals surface area contributed by atoms with E-state index in [-0.39, 0.29) is 22.8 Å². The van der Waals surface area contributed by atoms with Crippen molar-refractivity contribution in [1.29, 1.82) is 0 Å². The van der Waals surface area contributed by atoms with Gasteiger partial charge in [-0.2, -0.15) is 0 Å². The van der Waals surface area contributed by atoms with Gasteiger partial charge in [0.1, 0.15) is 22.8 Å². The minimum absolute atomic E-state index is 0.0380. The molecule has 0 bridgehead atoms. The summed E-state index contributed by atoms with van der Waals surface area (Å²) >= 11 is 0. The van der Waals surface area contributed by atoms with Crippen LogP contribution in [0.2, 0.25) is 0 Å². The van der Waals surface area contributed by atoms with Gasteiger partial charge in [0.25, 0.3) is 0 Å². The summed E-state index contributed by atoms with van der Waals surface area (Å²) in [6, 6.07) is 10.6. The van der Waals surface area contributed by atoms with E-state index in [0.717, 1.165) is 5.56 Å². The molecule has 2 aromatic rings. The molecule has 0 saturated heterocycles. The van der Waals surface area contributed by atoms with Crippen LogP contribution in [-0.4, -0.2) is 24.8 Å². The summed E-state index contributed by atoms with van der Waals surface area (Å²) in [6.45, 7) is 4.11. The largest absolute Gasteiger partial charge is 0.495 e. The lowest BCUT2D eigenvalue weighted by Crippen LogP contribution is -2.11. The Kier molecular flexibility index (Phi) is 6.49. The summed E-state index contributed by atoms with van der Waals surface area (Å²) in [7, 11) is 1.38. The average Bonchev–Trinajstić information content (AvgIpc) is 2.62. The van der Waals surface area contributed by atoms with Crippen LogP contribution in [0.3, 0.4) is 0 Å². The van der Waals surface area contributed by atoms with E-state index in [1.165, 1.54) is 33.1 Å². The molecule has 0 aliphatic carbocycles. The maximum atomic E-state index is 12.8. The number of esters is 2. The first-order chi connectivity index (χ1) is 12.8. The predicted octanol–water partition coefficient (Wildman–Crippen LogP) is 3.75. The van der Waals surface area contributed by atoms with Crippen molar-refractivity contribution < 1.29 is 28.6 Å². The highest BCUT2D eigenvalue weighted by atomic mass is 16.5. The molecule has 0 saturated carbocycles. The van der Waals surface area contributed by atoms with E-state index in [1.54, 1.807) is 13.0 Å².